The molecule has 1 amide bonds. The molecule has 0 aliphatic carbocycles. The third kappa shape index (κ3) is 3.49. The molecule has 0 saturated carbocycles. The molecule has 1 saturated heterocycles. The quantitative estimate of drug-likeness (QED) is 0.846. The number of aryl methyl sites for hydroxylation is 1. The van der Waals surface area contributed by atoms with Gasteiger partial charge in [-0.15, -0.1) is 10.2 Å². The Morgan fingerprint density at radius 2 is 2.22 bits per heavy atom. The van der Waals surface area contributed by atoms with E-state index in [9.17, 15) is 4.79 Å². The molecule has 0 N–H and O–H groups in total. The Balaban J connectivity index is 1.80. The van der Waals surface area contributed by atoms with Crippen molar-refractivity contribution >= 4 is 29.1 Å². The van der Waals surface area contributed by atoms with Crippen molar-refractivity contribution in [2.24, 2.45) is 0 Å². The van der Waals surface area contributed by atoms with Crippen molar-refractivity contribution in [1.29, 1.82) is 0 Å². The first kappa shape index (κ1) is 16.2. The Kier molecular flexibility index (Phi) is 4.84. The summed E-state index contributed by atoms with van der Waals surface area (Å²) in [5, 5.41) is 8.66. The van der Waals surface area contributed by atoms with Crippen molar-refractivity contribution in [2.75, 3.05) is 19.8 Å². The van der Waals surface area contributed by atoms with E-state index in [4.69, 9.17) is 32.4 Å². The maximum absolute atomic E-state index is 12.7. The molecule has 0 bridgehead atoms. The van der Waals surface area contributed by atoms with E-state index < -0.39 is 0 Å². The number of carbonyl (C=O) groups is 1. The van der Waals surface area contributed by atoms with Gasteiger partial charge >= 0.3 is 0 Å². The molecule has 23 heavy (non-hydrogen) atoms. The van der Waals surface area contributed by atoms with Gasteiger partial charge in [0.1, 0.15) is 6.04 Å². The van der Waals surface area contributed by atoms with Gasteiger partial charge < -0.3 is 14.1 Å². The van der Waals surface area contributed by atoms with E-state index in [1.54, 1.807) is 30.0 Å². The van der Waals surface area contributed by atoms with Gasteiger partial charge in [-0.2, -0.15) is 0 Å². The lowest BCUT2D eigenvalue weighted by Crippen LogP contribution is -2.44. The van der Waals surface area contributed by atoms with E-state index >= 15 is 0 Å². The smallest absolute Gasteiger partial charge is 0.241 e. The molecule has 122 valence electrons. The van der Waals surface area contributed by atoms with Gasteiger partial charge in [0.05, 0.1) is 29.7 Å². The molecule has 1 aliphatic heterocycles. The van der Waals surface area contributed by atoms with Crippen molar-refractivity contribution in [2.45, 2.75) is 19.4 Å². The third-order valence-electron chi connectivity index (χ3n) is 3.65. The number of halogens is 2. The molecular weight excluding hydrogens is 341 g/mol. The van der Waals surface area contributed by atoms with Gasteiger partial charge in [0.25, 0.3) is 0 Å². The largest absolute Gasteiger partial charge is 0.423 e. The Hall–Kier alpha value is -1.63. The second-order valence-electron chi connectivity index (χ2n) is 5.23. The predicted molar refractivity (Wildman–Crippen MR) is 84.5 cm³/mol. The zero-order chi connectivity index (χ0) is 16.4. The maximum atomic E-state index is 12.7. The Labute approximate surface area is 143 Å². The van der Waals surface area contributed by atoms with E-state index in [0.29, 0.717) is 47.1 Å². The summed E-state index contributed by atoms with van der Waals surface area (Å²) in [5.74, 6) is 0.752. The first-order valence-electron chi connectivity index (χ1n) is 7.16. The van der Waals surface area contributed by atoms with Crippen LogP contribution >= 0.6 is 23.2 Å². The van der Waals surface area contributed by atoms with Crippen molar-refractivity contribution in [3.8, 4) is 0 Å². The van der Waals surface area contributed by atoms with Crippen LogP contribution in [0.4, 0.5) is 0 Å². The van der Waals surface area contributed by atoms with Gasteiger partial charge in [-0.1, -0.05) is 35.3 Å². The molecule has 1 aliphatic rings. The average molecular weight is 356 g/mol. The molecule has 0 radical (unpaired) electrons. The van der Waals surface area contributed by atoms with Crippen molar-refractivity contribution < 1.29 is 13.9 Å². The van der Waals surface area contributed by atoms with Gasteiger partial charge in [0.15, 0.2) is 0 Å². The number of carbonyl (C=O) groups excluding carboxylic acids is 1. The lowest BCUT2D eigenvalue weighted by Gasteiger charge is -2.33. The second kappa shape index (κ2) is 6.86. The van der Waals surface area contributed by atoms with Crippen LogP contribution in [-0.2, 0) is 16.0 Å². The van der Waals surface area contributed by atoms with Gasteiger partial charge in [-0.05, 0) is 11.6 Å². The standard InChI is InChI=1S/C15H15Cl2N3O3/c1-9-18-19-15(23-9)12-8-22-6-5-20(12)13(21)7-10-3-2-4-11(16)14(10)17/h2-4,12H,5-8H2,1H3. The minimum absolute atomic E-state index is 0.0849. The van der Waals surface area contributed by atoms with Gasteiger partial charge in [0.2, 0.25) is 17.7 Å². The minimum Gasteiger partial charge on any atom is -0.423 e. The van der Waals surface area contributed by atoms with Crippen LogP contribution in [-0.4, -0.2) is 40.8 Å². The summed E-state index contributed by atoms with van der Waals surface area (Å²) in [5.41, 5.74) is 0.691. The minimum atomic E-state index is -0.379. The number of nitrogens with zero attached hydrogens (tertiary/aromatic N) is 3. The van der Waals surface area contributed by atoms with Crippen LogP contribution in [0.15, 0.2) is 22.6 Å². The molecule has 2 aromatic rings. The van der Waals surface area contributed by atoms with Gasteiger partial charge in [-0.25, -0.2) is 0 Å². The highest BCUT2D eigenvalue weighted by atomic mass is 35.5. The topological polar surface area (TPSA) is 68.5 Å². The van der Waals surface area contributed by atoms with E-state index in [0.717, 1.165) is 0 Å². The Morgan fingerprint density at radius 1 is 1.39 bits per heavy atom. The summed E-state index contributed by atoms with van der Waals surface area (Å²) in [6.07, 6.45) is 0.156. The number of aromatic nitrogens is 2. The molecule has 1 aromatic heterocycles. The second-order valence-corrected chi connectivity index (χ2v) is 6.01. The van der Waals surface area contributed by atoms with Crippen LogP contribution in [0.1, 0.15) is 23.4 Å². The lowest BCUT2D eigenvalue weighted by atomic mass is 10.1. The lowest BCUT2D eigenvalue weighted by molar-refractivity contribution is -0.140. The molecule has 8 heteroatoms. The van der Waals surface area contributed by atoms with Gasteiger partial charge in [-0.3, -0.25) is 4.79 Å². The number of ether oxygens (including phenoxy) is 1. The van der Waals surface area contributed by atoms with E-state index in [-0.39, 0.29) is 18.4 Å². The summed E-state index contributed by atoms with van der Waals surface area (Å²) >= 11 is 12.2. The zero-order valence-corrected chi connectivity index (χ0v) is 14.0. The number of hydrogen-bond acceptors (Lipinski definition) is 5. The summed E-state index contributed by atoms with van der Waals surface area (Å²) in [6, 6.07) is 4.87. The van der Waals surface area contributed by atoms with E-state index in [1.165, 1.54) is 0 Å². The molecule has 1 unspecified atom stereocenters. The molecule has 1 atom stereocenters. The fraction of sp³-hybridized carbons (Fsp3) is 0.400. The van der Waals surface area contributed by atoms with Crippen molar-refractivity contribution in [3.05, 3.63) is 45.6 Å². The fourth-order valence-electron chi connectivity index (χ4n) is 2.50. The van der Waals surface area contributed by atoms with Crippen LogP contribution in [0.25, 0.3) is 0 Å². The zero-order valence-electron chi connectivity index (χ0n) is 12.5. The third-order valence-corrected chi connectivity index (χ3v) is 4.51. The van der Waals surface area contributed by atoms with Crippen LogP contribution in [0, 0.1) is 6.92 Å². The van der Waals surface area contributed by atoms with E-state index in [2.05, 4.69) is 10.2 Å². The molecule has 1 aromatic carbocycles. The van der Waals surface area contributed by atoms with Crippen LogP contribution in [0.5, 0.6) is 0 Å². The van der Waals surface area contributed by atoms with Gasteiger partial charge in [0, 0.05) is 13.5 Å². The highest BCUT2D eigenvalue weighted by molar-refractivity contribution is 6.42. The van der Waals surface area contributed by atoms with Crippen LogP contribution < -0.4 is 0 Å². The summed E-state index contributed by atoms with van der Waals surface area (Å²) in [6.45, 7) is 2.97. The molecular formula is C15H15Cl2N3O3. The van der Waals surface area contributed by atoms with Crippen LogP contribution in [0.2, 0.25) is 10.0 Å². The number of rotatable bonds is 3. The Bertz CT molecular complexity index is 720. The van der Waals surface area contributed by atoms with Crippen molar-refractivity contribution in [1.82, 2.24) is 15.1 Å². The van der Waals surface area contributed by atoms with Crippen LogP contribution in [0.3, 0.4) is 0 Å². The molecule has 1 fully saturated rings. The number of morpholine rings is 1. The first-order valence-corrected chi connectivity index (χ1v) is 7.92. The first-order chi connectivity index (χ1) is 11.1. The number of hydrogen-bond donors (Lipinski definition) is 0. The molecule has 0 spiro atoms. The predicted octanol–water partition coefficient (Wildman–Crippen LogP) is 2.83. The Morgan fingerprint density at radius 3 is 2.96 bits per heavy atom. The highest BCUT2D eigenvalue weighted by Gasteiger charge is 2.32. The highest BCUT2D eigenvalue weighted by Crippen LogP contribution is 2.28. The monoisotopic (exact) mass is 355 g/mol. The maximum Gasteiger partial charge on any atom is 0.241 e. The summed E-state index contributed by atoms with van der Waals surface area (Å²) in [7, 11) is 0. The van der Waals surface area contributed by atoms with Crippen molar-refractivity contribution in [3.63, 3.8) is 0 Å². The SMILES string of the molecule is Cc1nnc(C2COCCN2C(=O)Cc2cccc(Cl)c2Cl)o1. The average Bonchev–Trinajstić information content (AvgIpc) is 2.98. The van der Waals surface area contributed by atoms with E-state index in [1.807, 2.05) is 0 Å². The molecule has 2 heterocycles. The fourth-order valence-corrected chi connectivity index (χ4v) is 2.89. The summed E-state index contributed by atoms with van der Waals surface area (Å²) in [4.78, 5) is 14.4. The normalized spacial score (nSPS) is 18.2. The number of amides is 1. The molecule has 3 rings (SSSR count). The molecule has 6 nitrogen and oxygen atoms in total. The summed E-state index contributed by atoms with van der Waals surface area (Å²) < 4.78 is 10.9. The number of benzene rings is 1.